The Kier molecular flexibility index (Phi) is 4.31. The number of para-hydroxylation sites is 1. The number of carboxylic acid groups (broad SMARTS) is 2. The molecule has 60 valence electrons. The van der Waals surface area contributed by atoms with Crippen molar-refractivity contribution in [1.82, 2.24) is 0 Å². The Morgan fingerprint density at radius 3 is 1.64 bits per heavy atom. The summed E-state index contributed by atoms with van der Waals surface area (Å²) >= 11 is 0. The molecule has 4 heteroatoms. The van der Waals surface area contributed by atoms with Crippen molar-refractivity contribution in [3.63, 3.8) is 0 Å². The van der Waals surface area contributed by atoms with Gasteiger partial charge < -0.3 is 15.3 Å². The molecule has 0 fully saturated rings. The molecule has 0 saturated heterocycles. The largest absolute Gasteiger partial charge is 0.508 e. The van der Waals surface area contributed by atoms with Crippen molar-refractivity contribution < 1.29 is 20.1 Å². The Morgan fingerprint density at radius 1 is 1.09 bits per heavy atom. The van der Waals surface area contributed by atoms with Crippen LogP contribution in [0.2, 0.25) is 0 Å². The first-order valence-corrected chi connectivity index (χ1v) is 2.79. The molecule has 0 bridgehead atoms. The van der Waals surface area contributed by atoms with Gasteiger partial charge in [0.2, 0.25) is 0 Å². The summed E-state index contributed by atoms with van der Waals surface area (Å²) in [6.07, 6.45) is -1.83. The highest BCUT2D eigenvalue weighted by Gasteiger charge is 1.74. The number of carbonyl (C=O) groups is 1. The molecule has 0 aliphatic carbocycles. The molecule has 0 amide bonds. The predicted molar refractivity (Wildman–Crippen MR) is 38.8 cm³/mol. The van der Waals surface area contributed by atoms with E-state index >= 15 is 0 Å². The molecule has 0 atom stereocenters. The molecular weight excluding hydrogens is 148 g/mol. The van der Waals surface area contributed by atoms with E-state index in [-0.39, 0.29) is 0 Å². The molecule has 0 heterocycles. The van der Waals surface area contributed by atoms with Gasteiger partial charge in [0.15, 0.2) is 0 Å². The van der Waals surface area contributed by atoms with E-state index in [1.807, 2.05) is 6.07 Å². The average molecular weight is 156 g/mol. The summed E-state index contributed by atoms with van der Waals surface area (Å²) in [4.78, 5) is 8.56. The van der Waals surface area contributed by atoms with Crippen molar-refractivity contribution in [2.75, 3.05) is 0 Å². The molecule has 0 unspecified atom stereocenters. The lowest BCUT2D eigenvalue weighted by Gasteiger charge is -1.82. The molecule has 11 heavy (non-hydrogen) atoms. The van der Waals surface area contributed by atoms with E-state index in [9.17, 15) is 0 Å². The van der Waals surface area contributed by atoms with Crippen LogP contribution in [0.15, 0.2) is 30.3 Å². The fraction of sp³-hybridized carbons (Fsp3) is 0. The molecule has 0 aromatic heterocycles. The van der Waals surface area contributed by atoms with Crippen LogP contribution in [0.3, 0.4) is 0 Å². The highest BCUT2D eigenvalue weighted by atomic mass is 16.6. The van der Waals surface area contributed by atoms with E-state index in [4.69, 9.17) is 20.1 Å². The van der Waals surface area contributed by atoms with Crippen molar-refractivity contribution in [2.45, 2.75) is 0 Å². The minimum absolute atomic E-state index is 0.322. The third-order valence-electron chi connectivity index (χ3n) is 0.756. The van der Waals surface area contributed by atoms with Crippen LogP contribution in [0.5, 0.6) is 5.75 Å². The summed E-state index contributed by atoms with van der Waals surface area (Å²) in [5, 5.41) is 22.6. The Hall–Kier alpha value is -1.71. The van der Waals surface area contributed by atoms with Crippen molar-refractivity contribution in [1.29, 1.82) is 0 Å². The van der Waals surface area contributed by atoms with Crippen molar-refractivity contribution in [3.8, 4) is 5.75 Å². The number of phenols is 1. The highest BCUT2D eigenvalue weighted by molar-refractivity contribution is 5.53. The first-order valence-electron chi connectivity index (χ1n) is 2.79. The zero-order valence-corrected chi connectivity index (χ0v) is 5.64. The summed E-state index contributed by atoms with van der Waals surface area (Å²) in [6.45, 7) is 0. The van der Waals surface area contributed by atoms with Crippen LogP contribution < -0.4 is 0 Å². The molecule has 0 aliphatic rings. The fourth-order valence-electron chi connectivity index (χ4n) is 0.428. The van der Waals surface area contributed by atoms with Gasteiger partial charge in [0, 0.05) is 0 Å². The maximum absolute atomic E-state index is 8.63. The minimum atomic E-state index is -1.83. The Bertz CT molecular complexity index is 203. The Labute approximate surface area is 63.3 Å². The van der Waals surface area contributed by atoms with E-state index in [0.29, 0.717) is 5.75 Å². The van der Waals surface area contributed by atoms with Gasteiger partial charge in [-0.3, -0.25) is 0 Å². The number of hydrogen-bond donors (Lipinski definition) is 3. The van der Waals surface area contributed by atoms with Gasteiger partial charge >= 0.3 is 6.16 Å². The molecule has 4 nitrogen and oxygen atoms in total. The second kappa shape index (κ2) is 5.10. The molecule has 0 saturated carbocycles. The number of rotatable bonds is 0. The summed E-state index contributed by atoms with van der Waals surface area (Å²) in [6, 6.07) is 8.71. The van der Waals surface area contributed by atoms with Gasteiger partial charge in [0.05, 0.1) is 0 Å². The molecule has 1 aromatic carbocycles. The quantitative estimate of drug-likeness (QED) is 0.533. The lowest BCUT2D eigenvalue weighted by molar-refractivity contribution is 0.137. The van der Waals surface area contributed by atoms with Crippen molar-refractivity contribution in [3.05, 3.63) is 30.3 Å². The monoisotopic (exact) mass is 156 g/mol. The van der Waals surface area contributed by atoms with E-state index in [2.05, 4.69) is 0 Å². The van der Waals surface area contributed by atoms with E-state index in [0.717, 1.165) is 0 Å². The van der Waals surface area contributed by atoms with E-state index < -0.39 is 6.16 Å². The molecule has 0 radical (unpaired) electrons. The second-order valence-corrected chi connectivity index (χ2v) is 1.62. The number of benzene rings is 1. The molecule has 1 aromatic rings. The maximum atomic E-state index is 8.63. The predicted octanol–water partition coefficient (Wildman–Crippen LogP) is 1.61. The standard InChI is InChI=1S/C6H6O.CH2O3/c7-6-4-2-1-3-5-6;2-1(3)4/h1-5,7H;(H2,2,3,4). The van der Waals surface area contributed by atoms with Crippen LogP contribution in [0.25, 0.3) is 0 Å². The van der Waals surface area contributed by atoms with E-state index in [1.165, 1.54) is 0 Å². The van der Waals surface area contributed by atoms with E-state index in [1.54, 1.807) is 24.3 Å². The van der Waals surface area contributed by atoms with Gasteiger partial charge in [-0.1, -0.05) is 18.2 Å². The molecular formula is C7H8O4. The number of phenolic OH excluding ortho intramolecular Hbond substituents is 1. The highest BCUT2D eigenvalue weighted by Crippen LogP contribution is 2.02. The molecule has 0 spiro atoms. The second-order valence-electron chi connectivity index (χ2n) is 1.62. The first-order chi connectivity index (χ1) is 5.13. The van der Waals surface area contributed by atoms with Crippen LogP contribution >= 0.6 is 0 Å². The van der Waals surface area contributed by atoms with Gasteiger partial charge in [-0.25, -0.2) is 4.79 Å². The SMILES string of the molecule is O=C(O)O.Oc1ccccc1. The zero-order chi connectivity index (χ0) is 8.69. The normalized spacial score (nSPS) is 7.64. The number of hydrogen-bond acceptors (Lipinski definition) is 2. The van der Waals surface area contributed by atoms with Crippen LogP contribution in [-0.4, -0.2) is 21.5 Å². The smallest absolute Gasteiger partial charge is 0.503 e. The fourth-order valence-corrected chi connectivity index (χ4v) is 0.428. The lowest BCUT2D eigenvalue weighted by atomic mass is 10.3. The Morgan fingerprint density at radius 2 is 1.45 bits per heavy atom. The van der Waals surface area contributed by atoms with Crippen LogP contribution in [0, 0.1) is 0 Å². The molecule has 0 aliphatic heterocycles. The lowest BCUT2D eigenvalue weighted by Crippen LogP contribution is -1.81. The van der Waals surface area contributed by atoms with Gasteiger partial charge in [0.25, 0.3) is 0 Å². The van der Waals surface area contributed by atoms with Gasteiger partial charge in [-0.05, 0) is 12.1 Å². The topological polar surface area (TPSA) is 77.8 Å². The summed E-state index contributed by atoms with van der Waals surface area (Å²) in [7, 11) is 0. The number of aromatic hydroxyl groups is 1. The summed E-state index contributed by atoms with van der Waals surface area (Å²) < 4.78 is 0. The third kappa shape index (κ3) is 8.29. The summed E-state index contributed by atoms with van der Waals surface area (Å²) in [5.74, 6) is 0.322. The maximum Gasteiger partial charge on any atom is 0.503 e. The van der Waals surface area contributed by atoms with Crippen LogP contribution in [-0.2, 0) is 0 Å². The molecule has 3 N–H and O–H groups in total. The third-order valence-corrected chi connectivity index (χ3v) is 0.756. The van der Waals surface area contributed by atoms with Crippen LogP contribution in [0.4, 0.5) is 4.79 Å². The van der Waals surface area contributed by atoms with Crippen molar-refractivity contribution in [2.24, 2.45) is 0 Å². The van der Waals surface area contributed by atoms with Crippen molar-refractivity contribution >= 4 is 6.16 Å². The van der Waals surface area contributed by atoms with Gasteiger partial charge in [-0.15, -0.1) is 0 Å². The zero-order valence-electron chi connectivity index (χ0n) is 5.64. The van der Waals surface area contributed by atoms with Crippen LogP contribution in [0.1, 0.15) is 0 Å². The average Bonchev–Trinajstić information content (AvgIpc) is 1.87. The van der Waals surface area contributed by atoms with Gasteiger partial charge in [-0.2, -0.15) is 0 Å². The molecule has 1 rings (SSSR count). The van der Waals surface area contributed by atoms with Gasteiger partial charge in [0.1, 0.15) is 5.75 Å². The minimum Gasteiger partial charge on any atom is -0.508 e. The Balaban J connectivity index is 0.000000218. The summed E-state index contributed by atoms with van der Waals surface area (Å²) in [5.41, 5.74) is 0. The first kappa shape index (κ1) is 9.29.